The minimum Gasteiger partial charge on any atom is -0.374 e. The van der Waals surface area contributed by atoms with Gasteiger partial charge in [-0.2, -0.15) is 0 Å². The predicted molar refractivity (Wildman–Crippen MR) is 90.3 cm³/mol. The van der Waals surface area contributed by atoms with E-state index in [1.807, 2.05) is 12.1 Å². The Hall–Kier alpha value is -0.910. The predicted octanol–water partition coefficient (Wildman–Crippen LogP) is 2.24. The minimum absolute atomic E-state index is 0. The Labute approximate surface area is 137 Å². The Morgan fingerprint density at radius 1 is 1.19 bits per heavy atom. The number of para-hydroxylation sites is 1. The Balaban J connectivity index is 0.00000110. The lowest BCUT2D eigenvalue weighted by atomic mass is 10.2. The zero-order valence-electron chi connectivity index (χ0n) is 11.8. The Kier molecular flexibility index (Phi) is 7.35. The van der Waals surface area contributed by atoms with Crippen LogP contribution in [0.15, 0.2) is 36.4 Å². The summed E-state index contributed by atoms with van der Waals surface area (Å²) in [7, 11) is 0. The number of hydrogen-bond acceptors (Lipinski definition) is 4. The van der Waals surface area contributed by atoms with Crippen LogP contribution in [0.2, 0.25) is 0 Å². The van der Waals surface area contributed by atoms with Crippen molar-refractivity contribution in [1.29, 1.82) is 0 Å². The average Bonchev–Trinajstić information content (AvgIpc) is 2.47. The molecule has 0 spiro atoms. The number of nitrogens with two attached hydrogens (primary N) is 1. The van der Waals surface area contributed by atoms with Gasteiger partial charge < -0.3 is 10.5 Å². The van der Waals surface area contributed by atoms with E-state index in [1.165, 1.54) is 5.39 Å². The van der Waals surface area contributed by atoms with E-state index >= 15 is 0 Å². The molecule has 2 N–H and O–H groups in total. The fraction of sp³-hybridized carbons (Fsp3) is 0.400. The molecule has 4 nitrogen and oxygen atoms in total. The number of morpholine rings is 1. The van der Waals surface area contributed by atoms with Gasteiger partial charge in [-0.25, -0.2) is 0 Å². The zero-order chi connectivity index (χ0) is 13.1. The molecule has 2 heterocycles. The lowest BCUT2D eigenvalue weighted by Gasteiger charge is -2.32. The highest BCUT2D eigenvalue weighted by Gasteiger charge is 2.19. The van der Waals surface area contributed by atoms with Crippen LogP contribution in [0, 0.1) is 0 Å². The summed E-state index contributed by atoms with van der Waals surface area (Å²) in [6, 6.07) is 12.5. The molecule has 0 amide bonds. The Bertz CT molecular complexity index is 567. The Morgan fingerprint density at radius 3 is 2.81 bits per heavy atom. The van der Waals surface area contributed by atoms with E-state index in [9.17, 15) is 0 Å². The number of pyridine rings is 1. The molecule has 1 saturated heterocycles. The van der Waals surface area contributed by atoms with Gasteiger partial charge in [-0.1, -0.05) is 24.3 Å². The van der Waals surface area contributed by atoms with Crippen LogP contribution in [0.4, 0.5) is 0 Å². The second-order valence-electron chi connectivity index (χ2n) is 4.96. The van der Waals surface area contributed by atoms with E-state index in [0.717, 1.165) is 37.5 Å². The van der Waals surface area contributed by atoms with Gasteiger partial charge in [0, 0.05) is 31.6 Å². The zero-order valence-corrected chi connectivity index (χ0v) is 13.4. The molecule has 1 fully saturated rings. The average molecular weight is 330 g/mol. The largest absolute Gasteiger partial charge is 0.374 e. The van der Waals surface area contributed by atoms with Crippen molar-refractivity contribution < 1.29 is 4.74 Å². The molecule has 116 valence electrons. The number of fused-ring (bicyclic) bond motifs is 1. The molecule has 21 heavy (non-hydrogen) atoms. The van der Waals surface area contributed by atoms with Gasteiger partial charge >= 0.3 is 0 Å². The molecule has 1 aromatic carbocycles. The highest BCUT2D eigenvalue weighted by molar-refractivity contribution is 5.85. The quantitative estimate of drug-likeness (QED) is 0.938. The van der Waals surface area contributed by atoms with Gasteiger partial charge in [-0.3, -0.25) is 9.88 Å². The van der Waals surface area contributed by atoms with Gasteiger partial charge in [0.05, 0.1) is 23.9 Å². The molecule has 0 aliphatic carbocycles. The first kappa shape index (κ1) is 18.1. The van der Waals surface area contributed by atoms with Crippen LogP contribution < -0.4 is 5.73 Å². The van der Waals surface area contributed by atoms with Crippen LogP contribution in [-0.4, -0.2) is 42.2 Å². The van der Waals surface area contributed by atoms with Crippen molar-refractivity contribution in [1.82, 2.24) is 9.88 Å². The standard InChI is InChI=1S/C15H19N3O.2ClH/c16-9-14-11-18(7-8-19-14)10-13-6-5-12-3-1-2-4-15(12)17-13;;/h1-6,14H,7-11,16H2;2*1H. The minimum atomic E-state index is 0. The summed E-state index contributed by atoms with van der Waals surface area (Å²) in [5.74, 6) is 0. The van der Waals surface area contributed by atoms with Crippen molar-refractivity contribution >= 4 is 35.7 Å². The normalized spacial score (nSPS) is 18.8. The molecule has 0 radical (unpaired) electrons. The van der Waals surface area contributed by atoms with E-state index < -0.39 is 0 Å². The van der Waals surface area contributed by atoms with Crippen molar-refractivity contribution in [3.8, 4) is 0 Å². The highest BCUT2D eigenvalue weighted by Crippen LogP contribution is 2.14. The lowest BCUT2D eigenvalue weighted by molar-refractivity contribution is -0.0263. The smallest absolute Gasteiger partial charge is 0.0824 e. The summed E-state index contributed by atoms with van der Waals surface area (Å²) in [6.45, 7) is 4.05. The summed E-state index contributed by atoms with van der Waals surface area (Å²) in [5.41, 5.74) is 7.83. The summed E-state index contributed by atoms with van der Waals surface area (Å²) in [6.07, 6.45) is 0.161. The number of ether oxygens (including phenoxy) is 1. The molecule has 1 aromatic heterocycles. The third kappa shape index (κ3) is 4.53. The fourth-order valence-corrected chi connectivity index (χ4v) is 2.49. The monoisotopic (exact) mass is 329 g/mol. The molecule has 3 rings (SSSR count). The summed E-state index contributed by atoms with van der Waals surface area (Å²) >= 11 is 0. The second-order valence-corrected chi connectivity index (χ2v) is 4.96. The molecule has 1 unspecified atom stereocenters. The SMILES string of the molecule is Cl.Cl.NCC1CN(Cc2ccc3ccccc3n2)CCO1. The maximum Gasteiger partial charge on any atom is 0.0824 e. The first-order chi connectivity index (χ1) is 9.35. The number of nitrogens with zero attached hydrogens (tertiary/aromatic N) is 2. The summed E-state index contributed by atoms with van der Waals surface area (Å²) in [5, 5.41) is 1.19. The van der Waals surface area contributed by atoms with E-state index in [-0.39, 0.29) is 30.9 Å². The first-order valence-corrected chi connectivity index (χ1v) is 6.74. The van der Waals surface area contributed by atoms with Crippen molar-refractivity contribution in [3.05, 3.63) is 42.1 Å². The van der Waals surface area contributed by atoms with Crippen molar-refractivity contribution in [2.45, 2.75) is 12.6 Å². The maximum absolute atomic E-state index is 5.67. The maximum atomic E-state index is 5.67. The third-order valence-corrected chi connectivity index (χ3v) is 3.53. The third-order valence-electron chi connectivity index (χ3n) is 3.53. The summed E-state index contributed by atoms with van der Waals surface area (Å²) < 4.78 is 5.58. The first-order valence-electron chi connectivity index (χ1n) is 6.74. The topological polar surface area (TPSA) is 51.4 Å². The molecule has 1 aliphatic heterocycles. The van der Waals surface area contributed by atoms with E-state index in [1.54, 1.807) is 0 Å². The van der Waals surface area contributed by atoms with Gasteiger partial charge in [-0.05, 0) is 12.1 Å². The van der Waals surface area contributed by atoms with Gasteiger partial charge in [0.2, 0.25) is 0 Å². The van der Waals surface area contributed by atoms with Gasteiger partial charge in [0.25, 0.3) is 0 Å². The van der Waals surface area contributed by atoms with Crippen LogP contribution in [0.3, 0.4) is 0 Å². The van der Waals surface area contributed by atoms with Gasteiger partial charge in [0.1, 0.15) is 0 Å². The molecule has 2 aromatic rings. The van der Waals surface area contributed by atoms with Gasteiger partial charge in [0.15, 0.2) is 0 Å². The van der Waals surface area contributed by atoms with Crippen LogP contribution >= 0.6 is 24.8 Å². The fourth-order valence-electron chi connectivity index (χ4n) is 2.49. The Morgan fingerprint density at radius 2 is 2.00 bits per heavy atom. The number of aromatic nitrogens is 1. The number of rotatable bonds is 3. The van der Waals surface area contributed by atoms with Crippen molar-refractivity contribution in [3.63, 3.8) is 0 Å². The molecule has 6 heteroatoms. The number of benzene rings is 1. The van der Waals surface area contributed by atoms with Crippen LogP contribution in [-0.2, 0) is 11.3 Å². The number of halogens is 2. The lowest BCUT2D eigenvalue weighted by Crippen LogP contribution is -2.45. The molecular weight excluding hydrogens is 309 g/mol. The van der Waals surface area contributed by atoms with Crippen molar-refractivity contribution in [2.75, 3.05) is 26.2 Å². The van der Waals surface area contributed by atoms with E-state index in [4.69, 9.17) is 15.5 Å². The van der Waals surface area contributed by atoms with Crippen LogP contribution in [0.1, 0.15) is 5.69 Å². The molecule has 0 saturated carbocycles. The second kappa shape index (κ2) is 8.51. The van der Waals surface area contributed by atoms with Crippen LogP contribution in [0.25, 0.3) is 10.9 Å². The molecular formula is C15H21Cl2N3O. The highest BCUT2D eigenvalue weighted by atomic mass is 35.5. The van der Waals surface area contributed by atoms with Gasteiger partial charge in [-0.15, -0.1) is 24.8 Å². The molecule has 1 aliphatic rings. The molecule has 1 atom stereocenters. The summed E-state index contributed by atoms with van der Waals surface area (Å²) in [4.78, 5) is 7.07. The van der Waals surface area contributed by atoms with E-state index in [0.29, 0.717) is 6.54 Å². The van der Waals surface area contributed by atoms with Crippen LogP contribution in [0.5, 0.6) is 0 Å². The molecule has 0 bridgehead atoms. The van der Waals surface area contributed by atoms with Crippen molar-refractivity contribution in [2.24, 2.45) is 5.73 Å². The van der Waals surface area contributed by atoms with E-state index in [2.05, 4.69) is 29.2 Å². The number of hydrogen-bond donors (Lipinski definition) is 1.